The summed E-state index contributed by atoms with van der Waals surface area (Å²) in [5.41, 5.74) is 8.59. The predicted molar refractivity (Wildman–Crippen MR) is 132 cm³/mol. The molecule has 2 aliphatic rings. The molecular weight excluding hydrogens is 458 g/mol. The first-order valence-electron chi connectivity index (χ1n) is 10.7. The van der Waals surface area contributed by atoms with Crippen LogP contribution in [0.1, 0.15) is 69.6 Å². The van der Waals surface area contributed by atoms with E-state index in [9.17, 15) is 10.1 Å². The molecule has 0 saturated carbocycles. The van der Waals surface area contributed by atoms with E-state index in [0.717, 1.165) is 27.8 Å². The maximum absolute atomic E-state index is 13.2. The van der Waals surface area contributed by atoms with Crippen molar-refractivity contribution in [3.8, 4) is 6.07 Å². The van der Waals surface area contributed by atoms with E-state index in [0.29, 0.717) is 33.8 Å². The number of carbonyl (C=O) groups excluding carboxylic acids is 1. The molecule has 0 spiro atoms. The van der Waals surface area contributed by atoms with E-state index in [4.69, 9.17) is 5.73 Å². The molecule has 1 aliphatic heterocycles. The van der Waals surface area contributed by atoms with Gasteiger partial charge in [-0.3, -0.25) is 9.69 Å². The van der Waals surface area contributed by atoms with Gasteiger partial charge in [0.05, 0.1) is 17.6 Å². The molecule has 1 aliphatic carbocycles. The fraction of sp³-hybridized carbons (Fsp3) is 0.478. The summed E-state index contributed by atoms with van der Waals surface area (Å²) in [5, 5.41) is 19.8. The monoisotopic (exact) mass is 485 g/mol. The summed E-state index contributed by atoms with van der Waals surface area (Å²) in [6.07, 6.45) is 1.98. The van der Waals surface area contributed by atoms with Crippen LogP contribution in [0.4, 0.5) is 5.13 Å². The number of ketones is 1. The minimum absolute atomic E-state index is 0.00346. The molecule has 4 rings (SSSR count). The second kappa shape index (κ2) is 8.65. The van der Waals surface area contributed by atoms with Gasteiger partial charge in [-0.15, -0.1) is 21.5 Å². The van der Waals surface area contributed by atoms with Crippen molar-refractivity contribution >= 4 is 45.4 Å². The van der Waals surface area contributed by atoms with Crippen molar-refractivity contribution in [2.75, 3.05) is 4.90 Å². The van der Waals surface area contributed by atoms with Crippen molar-refractivity contribution in [2.45, 2.75) is 74.8 Å². The molecule has 0 bridgehead atoms. The van der Waals surface area contributed by atoms with E-state index in [2.05, 4.69) is 57.0 Å². The summed E-state index contributed by atoms with van der Waals surface area (Å²) >= 11 is 4.74. The fourth-order valence-corrected chi connectivity index (χ4v) is 7.33. The number of thioether (sulfide) groups is 1. The number of aromatic nitrogens is 2. The summed E-state index contributed by atoms with van der Waals surface area (Å²) in [6.45, 7) is 10.7. The molecule has 0 unspecified atom stereocenters. The number of Topliss-reactive ketones (excluding diaryl/α,β-unsaturated/α-hetero) is 1. The number of nitrogens with two attached hydrogens (primary N) is 1. The summed E-state index contributed by atoms with van der Waals surface area (Å²) in [6, 6.07) is 6.48. The molecule has 168 valence electrons. The molecule has 0 fully saturated rings. The summed E-state index contributed by atoms with van der Waals surface area (Å²) in [5.74, 6) is 0.0278. The van der Waals surface area contributed by atoms with Gasteiger partial charge in [0.15, 0.2) is 10.1 Å². The van der Waals surface area contributed by atoms with Gasteiger partial charge in [-0.25, -0.2) is 0 Å². The van der Waals surface area contributed by atoms with Crippen molar-refractivity contribution in [1.82, 2.24) is 10.2 Å². The molecule has 0 aromatic carbocycles. The Hall–Kier alpha value is -2.15. The van der Waals surface area contributed by atoms with E-state index >= 15 is 0 Å². The van der Waals surface area contributed by atoms with Gasteiger partial charge >= 0.3 is 0 Å². The van der Waals surface area contributed by atoms with Crippen LogP contribution in [0.25, 0.3) is 0 Å². The Balaban J connectivity index is 1.86. The van der Waals surface area contributed by atoms with Crippen LogP contribution in [-0.4, -0.2) is 21.2 Å². The van der Waals surface area contributed by atoms with E-state index < -0.39 is 5.92 Å². The van der Waals surface area contributed by atoms with Gasteiger partial charge in [0, 0.05) is 32.7 Å². The van der Waals surface area contributed by atoms with Crippen molar-refractivity contribution in [1.29, 1.82) is 5.26 Å². The number of rotatable bonds is 4. The number of nitrogens with zero attached hydrogens (tertiary/aromatic N) is 4. The number of anilines is 1. The number of nitriles is 1. The molecule has 3 heterocycles. The summed E-state index contributed by atoms with van der Waals surface area (Å²) in [7, 11) is 0. The van der Waals surface area contributed by atoms with Crippen LogP contribution < -0.4 is 10.6 Å². The molecule has 0 amide bonds. The smallest absolute Gasteiger partial charge is 0.219 e. The van der Waals surface area contributed by atoms with Gasteiger partial charge in [-0.1, -0.05) is 57.7 Å². The standard InChI is InChI=1S/C23H27N5OS3/c1-12(2)30-22-27-26-21(32-22)28-14-7-6-8-15(29)19(14)18(13(11-24)20(28)25)16-9-10-17(31-16)23(3,4)5/h9-10,12,18H,6-8,25H2,1-5H3/t18-/m0/s1. The van der Waals surface area contributed by atoms with Crippen molar-refractivity contribution in [3.63, 3.8) is 0 Å². The number of hydrogen-bond acceptors (Lipinski definition) is 9. The van der Waals surface area contributed by atoms with Gasteiger partial charge in [-0.05, 0) is 30.4 Å². The Morgan fingerprint density at radius 2 is 2.00 bits per heavy atom. The highest BCUT2D eigenvalue weighted by Crippen LogP contribution is 2.49. The van der Waals surface area contributed by atoms with Crippen molar-refractivity contribution in [3.05, 3.63) is 44.6 Å². The molecule has 0 saturated heterocycles. The number of allylic oxidation sites excluding steroid dienone is 3. The van der Waals surface area contributed by atoms with Crippen molar-refractivity contribution < 1.29 is 4.79 Å². The van der Waals surface area contributed by atoms with Gasteiger partial charge in [-0.2, -0.15) is 5.26 Å². The largest absolute Gasteiger partial charge is 0.384 e. The minimum Gasteiger partial charge on any atom is -0.384 e. The van der Waals surface area contributed by atoms with Gasteiger partial charge < -0.3 is 5.73 Å². The molecule has 2 aromatic rings. The third kappa shape index (κ3) is 4.12. The third-order valence-electron chi connectivity index (χ3n) is 5.49. The lowest BCUT2D eigenvalue weighted by Crippen LogP contribution is -2.38. The molecule has 2 N–H and O–H groups in total. The third-order valence-corrected chi connectivity index (χ3v) is 9.06. The quantitative estimate of drug-likeness (QED) is 0.555. The molecular formula is C23H27N5OS3. The zero-order chi connectivity index (χ0) is 23.2. The minimum atomic E-state index is -0.419. The Morgan fingerprint density at radius 3 is 2.62 bits per heavy atom. The molecule has 9 heteroatoms. The molecule has 2 aromatic heterocycles. The van der Waals surface area contributed by atoms with Crippen LogP contribution in [-0.2, 0) is 10.2 Å². The predicted octanol–water partition coefficient (Wildman–Crippen LogP) is 5.70. The average Bonchev–Trinajstić information content (AvgIpc) is 3.36. The highest BCUT2D eigenvalue weighted by Gasteiger charge is 2.42. The molecule has 0 radical (unpaired) electrons. The molecule has 32 heavy (non-hydrogen) atoms. The van der Waals surface area contributed by atoms with E-state index in [1.165, 1.54) is 16.2 Å². The fourth-order valence-electron chi connectivity index (χ4n) is 4.04. The van der Waals surface area contributed by atoms with Crippen LogP contribution in [0.3, 0.4) is 0 Å². The highest BCUT2D eigenvalue weighted by atomic mass is 32.2. The molecule has 1 atom stereocenters. The second-order valence-electron chi connectivity index (χ2n) is 9.29. The lowest BCUT2D eigenvalue weighted by atomic mass is 9.78. The van der Waals surface area contributed by atoms with E-state index in [-0.39, 0.29) is 11.2 Å². The zero-order valence-corrected chi connectivity index (χ0v) is 21.4. The highest BCUT2D eigenvalue weighted by molar-refractivity contribution is 8.01. The average molecular weight is 486 g/mol. The first-order valence-corrected chi connectivity index (χ1v) is 13.2. The summed E-state index contributed by atoms with van der Waals surface area (Å²) in [4.78, 5) is 17.2. The van der Waals surface area contributed by atoms with Gasteiger partial charge in [0.25, 0.3) is 0 Å². The Bertz CT molecular complexity index is 1160. The number of hydrogen-bond donors (Lipinski definition) is 1. The lowest BCUT2D eigenvalue weighted by Gasteiger charge is -2.37. The van der Waals surface area contributed by atoms with Crippen molar-refractivity contribution in [2.24, 2.45) is 5.73 Å². The van der Waals surface area contributed by atoms with Crippen LogP contribution >= 0.6 is 34.4 Å². The normalized spacial score (nSPS) is 19.6. The topological polar surface area (TPSA) is 95.9 Å². The summed E-state index contributed by atoms with van der Waals surface area (Å²) < 4.78 is 0.848. The van der Waals surface area contributed by atoms with Crippen LogP contribution in [0.5, 0.6) is 0 Å². The lowest BCUT2D eigenvalue weighted by molar-refractivity contribution is -0.116. The number of carbonyl (C=O) groups is 1. The Morgan fingerprint density at radius 1 is 1.25 bits per heavy atom. The maximum atomic E-state index is 13.2. The van der Waals surface area contributed by atoms with Crippen LogP contribution in [0, 0.1) is 11.3 Å². The Labute approximate surface area is 201 Å². The number of thiophene rings is 1. The van der Waals surface area contributed by atoms with Gasteiger partial charge in [0.2, 0.25) is 5.13 Å². The van der Waals surface area contributed by atoms with Crippen LogP contribution in [0.15, 0.2) is 39.1 Å². The first kappa shape index (κ1) is 23.0. The van der Waals surface area contributed by atoms with E-state index in [1.54, 1.807) is 23.1 Å². The van der Waals surface area contributed by atoms with E-state index in [1.807, 2.05) is 11.0 Å². The maximum Gasteiger partial charge on any atom is 0.219 e. The first-order chi connectivity index (χ1) is 15.1. The van der Waals surface area contributed by atoms with Gasteiger partial charge in [0.1, 0.15) is 5.82 Å². The second-order valence-corrected chi connectivity index (χ2v) is 13.2. The zero-order valence-electron chi connectivity index (χ0n) is 18.9. The Kier molecular flexibility index (Phi) is 6.23. The SMILES string of the molecule is CC(C)Sc1nnc(N2C(N)=C(C#N)[C@@H](c3ccc(C(C)(C)C)s3)C3=C2CCCC3=O)s1. The molecule has 6 nitrogen and oxygen atoms in total. The van der Waals surface area contributed by atoms with Crippen LogP contribution in [0.2, 0.25) is 0 Å².